The minimum absolute atomic E-state index is 0. The predicted octanol–water partition coefficient (Wildman–Crippen LogP) is 1.42. The number of hydrogen-bond donors (Lipinski definition) is 1. The maximum Gasteiger partial charge on any atom is 0.243 e. The maximum atomic E-state index is 12.1. The van der Waals surface area contributed by atoms with Crippen molar-refractivity contribution in [2.24, 2.45) is 5.73 Å². The summed E-state index contributed by atoms with van der Waals surface area (Å²) >= 11 is 0. The molecule has 1 fully saturated rings. The zero-order valence-corrected chi connectivity index (χ0v) is 15.7. The predicted molar refractivity (Wildman–Crippen MR) is 93.0 cm³/mol. The van der Waals surface area contributed by atoms with Gasteiger partial charge in [0, 0.05) is 32.6 Å². The van der Waals surface area contributed by atoms with Crippen LogP contribution in [-0.4, -0.2) is 57.6 Å². The average Bonchev–Trinajstić information content (AvgIpc) is 2.94. The quantitative estimate of drug-likeness (QED) is 0.865. The van der Waals surface area contributed by atoms with Gasteiger partial charge in [0.1, 0.15) is 0 Å². The monoisotopic (exact) mass is 367 g/mol. The number of halogens is 2. The first-order valence-corrected chi connectivity index (χ1v) is 7.47. The molecule has 0 aromatic carbocycles. The Morgan fingerprint density at radius 2 is 1.87 bits per heavy atom. The first-order valence-electron chi connectivity index (χ1n) is 7.47. The largest absolute Gasteiger partial charge is 0.339 e. The Labute approximate surface area is 149 Å². The molecule has 1 saturated heterocycles. The topological polar surface area (TPSA) is 88.5 Å². The van der Waals surface area contributed by atoms with Crippen LogP contribution in [0, 0.1) is 0 Å². The number of carbonyl (C=O) groups is 1. The van der Waals surface area contributed by atoms with E-state index in [2.05, 4.69) is 22.0 Å². The van der Waals surface area contributed by atoms with Crippen molar-refractivity contribution < 1.29 is 9.32 Å². The van der Waals surface area contributed by atoms with Gasteiger partial charge < -0.3 is 15.2 Å². The lowest BCUT2D eigenvalue weighted by Gasteiger charge is -2.39. The molecule has 1 aliphatic rings. The van der Waals surface area contributed by atoms with Crippen molar-refractivity contribution >= 4 is 30.7 Å². The molecular formula is C14H27Cl2N5O2. The third-order valence-corrected chi connectivity index (χ3v) is 3.86. The highest BCUT2D eigenvalue weighted by molar-refractivity contribution is 5.86. The Morgan fingerprint density at radius 1 is 1.30 bits per heavy atom. The van der Waals surface area contributed by atoms with Gasteiger partial charge in [0.15, 0.2) is 5.82 Å². The highest BCUT2D eigenvalue weighted by atomic mass is 35.5. The normalized spacial score (nSPS) is 17.2. The number of rotatable bonds is 4. The number of nitrogens with zero attached hydrogens (tertiary/aromatic N) is 4. The SMILES string of the molecule is CCc1noc(C(C)N2CCN(C(=O)C(C)(C)N)CC2)n1.Cl.Cl. The number of amides is 1. The molecule has 1 aromatic heterocycles. The first-order chi connectivity index (χ1) is 9.82. The molecule has 23 heavy (non-hydrogen) atoms. The molecule has 134 valence electrons. The fraction of sp³-hybridized carbons (Fsp3) is 0.786. The van der Waals surface area contributed by atoms with E-state index in [-0.39, 0.29) is 36.8 Å². The average molecular weight is 368 g/mol. The van der Waals surface area contributed by atoms with E-state index in [9.17, 15) is 4.79 Å². The van der Waals surface area contributed by atoms with Crippen molar-refractivity contribution in [3.05, 3.63) is 11.7 Å². The second-order valence-electron chi connectivity index (χ2n) is 6.13. The molecule has 0 bridgehead atoms. The highest BCUT2D eigenvalue weighted by Gasteiger charge is 2.32. The maximum absolute atomic E-state index is 12.1. The van der Waals surface area contributed by atoms with E-state index in [1.54, 1.807) is 13.8 Å². The lowest BCUT2D eigenvalue weighted by molar-refractivity contribution is -0.137. The summed E-state index contributed by atoms with van der Waals surface area (Å²) in [6.07, 6.45) is 0.768. The van der Waals surface area contributed by atoms with Crippen LogP contribution in [0.2, 0.25) is 0 Å². The summed E-state index contributed by atoms with van der Waals surface area (Å²) in [5.41, 5.74) is 5.07. The number of aryl methyl sites for hydroxylation is 1. The summed E-state index contributed by atoms with van der Waals surface area (Å²) in [5, 5.41) is 3.93. The van der Waals surface area contributed by atoms with Gasteiger partial charge in [-0.05, 0) is 20.8 Å². The van der Waals surface area contributed by atoms with Gasteiger partial charge in [-0.1, -0.05) is 12.1 Å². The van der Waals surface area contributed by atoms with Crippen LogP contribution in [0.4, 0.5) is 0 Å². The third-order valence-electron chi connectivity index (χ3n) is 3.86. The molecule has 1 amide bonds. The van der Waals surface area contributed by atoms with E-state index in [1.807, 2.05) is 11.8 Å². The van der Waals surface area contributed by atoms with Crippen LogP contribution in [0.5, 0.6) is 0 Å². The van der Waals surface area contributed by atoms with Crippen LogP contribution in [0.25, 0.3) is 0 Å². The van der Waals surface area contributed by atoms with Crippen molar-refractivity contribution in [2.45, 2.75) is 45.7 Å². The number of carbonyl (C=O) groups excluding carboxylic acids is 1. The molecule has 0 radical (unpaired) electrons. The molecule has 0 saturated carbocycles. The van der Waals surface area contributed by atoms with Gasteiger partial charge in [0.05, 0.1) is 11.6 Å². The van der Waals surface area contributed by atoms with Gasteiger partial charge >= 0.3 is 0 Å². The number of piperazine rings is 1. The molecule has 1 unspecified atom stereocenters. The lowest BCUT2D eigenvalue weighted by atomic mass is 10.0. The van der Waals surface area contributed by atoms with E-state index in [0.29, 0.717) is 19.0 Å². The molecule has 9 heteroatoms. The van der Waals surface area contributed by atoms with Crippen LogP contribution in [0.1, 0.15) is 45.5 Å². The van der Waals surface area contributed by atoms with Gasteiger partial charge in [0.25, 0.3) is 0 Å². The van der Waals surface area contributed by atoms with Crippen molar-refractivity contribution in [2.75, 3.05) is 26.2 Å². The minimum atomic E-state index is -0.809. The smallest absolute Gasteiger partial charge is 0.243 e. The van der Waals surface area contributed by atoms with Crippen molar-refractivity contribution in [3.8, 4) is 0 Å². The molecular weight excluding hydrogens is 341 g/mol. The van der Waals surface area contributed by atoms with Gasteiger partial charge in [0.2, 0.25) is 11.8 Å². The van der Waals surface area contributed by atoms with E-state index in [1.165, 1.54) is 0 Å². The summed E-state index contributed by atoms with van der Waals surface area (Å²) in [5.74, 6) is 1.38. The highest BCUT2D eigenvalue weighted by Crippen LogP contribution is 2.21. The second kappa shape index (κ2) is 8.82. The Balaban J connectivity index is 0.00000242. The van der Waals surface area contributed by atoms with Gasteiger partial charge in [-0.2, -0.15) is 4.98 Å². The van der Waals surface area contributed by atoms with Crippen molar-refractivity contribution in [1.29, 1.82) is 0 Å². The van der Waals surface area contributed by atoms with Gasteiger partial charge in [-0.3, -0.25) is 9.69 Å². The Morgan fingerprint density at radius 3 is 2.30 bits per heavy atom. The van der Waals surface area contributed by atoms with Crippen molar-refractivity contribution in [1.82, 2.24) is 19.9 Å². The number of hydrogen-bond acceptors (Lipinski definition) is 6. The zero-order chi connectivity index (χ0) is 15.6. The van der Waals surface area contributed by atoms with E-state index >= 15 is 0 Å². The molecule has 1 atom stereocenters. The van der Waals surface area contributed by atoms with Crippen LogP contribution in [-0.2, 0) is 11.2 Å². The molecule has 2 heterocycles. The number of aromatic nitrogens is 2. The standard InChI is InChI=1S/C14H25N5O2.2ClH/c1-5-11-16-12(21-17-11)10(2)18-6-8-19(9-7-18)13(20)14(3,4)15;;/h10H,5-9,15H2,1-4H3;2*1H. The summed E-state index contributed by atoms with van der Waals surface area (Å²) < 4.78 is 5.30. The fourth-order valence-corrected chi connectivity index (χ4v) is 2.46. The fourth-order valence-electron chi connectivity index (χ4n) is 2.46. The van der Waals surface area contributed by atoms with E-state index in [0.717, 1.165) is 25.3 Å². The Kier molecular flexibility index (Phi) is 8.48. The molecule has 2 N–H and O–H groups in total. The van der Waals surface area contributed by atoms with Crippen molar-refractivity contribution in [3.63, 3.8) is 0 Å². The number of nitrogens with two attached hydrogens (primary N) is 1. The first kappa shape index (κ1) is 22.1. The Bertz CT molecular complexity index is 496. The molecule has 1 aromatic rings. The zero-order valence-electron chi connectivity index (χ0n) is 14.1. The van der Waals surface area contributed by atoms with Crippen LogP contribution < -0.4 is 5.73 Å². The molecule has 7 nitrogen and oxygen atoms in total. The summed E-state index contributed by atoms with van der Waals surface area (Å²) in [6, 6.07) is 0.0703. The molecule has 2 rings (SSSR count). The second-order valence-corrected chi connectivity index (χ2v) is 6.13. The minimum Gasteiger partial charge on any atom is -0.339 e. The summed E-state index contributed by atoms with van der Waals surface area (Å²) in [4.78, 5) is 20.6. The van der Waals surface area contributed by atoms with Crippen LogP contribution >= 0.6 is 24.8 Å². The van der Waals surface area contributed by atoms with Crippen LogP contribution in [0.3, 0.4) is 0 Å². The van der Waals surface area contributed by atoms with E-state index in [4.69, 9.17) is 10.3 Å². The van der Waals surface area contributed by atoms with Gasteiger partial charge in [-0.25, -0.2) is 0 Å². The van der Waals surface area contributed by atoms with Gasteiger partial charge in [-0.15, -0.1) is 24.8 Å². The van der Waals surface area contributed by atoms with E-state index < -0.39 is 5.54 Å². The molecule has 0 aliphatic carbocycles. The summed E-state index contributed by atoms with van der Waals surface area (Å²) in [6.45, 7) is 10.5. The summed E-state index contributed by atoms with van der Waals surface area (Å²) in [7, 11) is 0. The third kappa shape index (κ3) is 5.31. The molecule has 0 spiro atoms. The molecule has 1 aliphatic heterocycles. The van der Waals surface area contributed by atoms with Crippen LogP contribution in [0.15, 0.2) is 4.52 Å². The lowest BCUT2D eigenvalue weighted by Crippen LogP contribution is -2.57. The Hall–Kier alpha value is -0.890.